The van der Waals surface area contributed by atoms with Gasteiger partial charge in [-0.15, -0.1) is 0 Å². The standard InChI is InChI=1S/C20H29NO/c1-21(2)15-8-4-3-5-11-18(16-22)20-14-9-12-17-10-6-7-13-19(17)20/h6-7,9-10,12-14,18,22H,3-5,8,11,15-16H2,1-2H3. The van der Waals surface area contributed by atoms with E-state index >= 15 is 0 Å². The van der Waals surface area contributed by atoms with E-state index in [9.17, 15) is 5.11 Å². The summed E-state index contributed by atoms with van der Waals surface area (Å²) in [5.74, 6) is 0.264. The minimum Gasteiger partial charge on any atom is -0.396 e. The van der Waals surface area contributed by atoms with Crippen molar-refractivity contribution in [3.63, 3.8) is 0 Å². The third kappa shape index (κ3) is 4.82. The Balaban J connectivity index is 1.91. The van der Waals surface area contributed by atoms with Gasteiger partial charge in [0.2, 0.25) is 0 Å². The van der Waals surface area contributed by atoms with Gasteiger partial charge < -0.3 is 10.0 Å². The van der Waals surface area contributed by atoms with Crippen molar-refractivity contribution in [1.82, 2.24) is 4.90 Å². The van der Waals surface area contributed by atoms with Crippen molar-refractivity contribution in [2.45, 2.75) is 38.0 Å². The van der Waals surface area contributed by atoms with Crippen LogP contribution in [0.15, 0.2) is 42.5 Å². The van der Waals surface area contributed by atoms with Gasteiger partial charge in [-0.2, -0.15) is 0 Å². The maximum absolute atomic E-state index is 9.81. The fourth-order valence-electron chi connectivity index (χ4n) is 3.12. The van der Waals surface area contributed by atoms with Gasteiger partial charge in [-0.25, -0.2) is 0 Å². The zero-order valence-electron chi connectivity index (χ0n) is 14.0. The summed E-state index contributed by atoms with van der Waals surface area (Å²) in [5, 5.41) is 12.4. The van der Waals surface area contributed by atoms with Gasteiger partial charge in [-0.05, 0) is 49.8 Å². The molecule has 2 heteroatoms. The smallest absolute Gasteiger partial charge is 0.0499 e. The van der Waals surface area contributed by atoms with Crippen LogP contribution in [0, 0.1) is 0 Å². The number of fused-ring (bicyclic) bond motifs is 1. The van der Waals surface area contributed by atoms with Gasteiger partial charge in [-0.3, -0.25) is 0 Å². The molecular weight excluding hydrogens is 270 g/mol. The lowest BCUT2D eigenvalue weighted by Gasteiger charge is -2.17. The number of rotatable bonds is 9. The molecule has 2 aromatic carbocycles. The van der Waals surface area contributed by atoms with Crippen LogP contribution in [0.4, 0.5) is 0 Å². The first-order valence-electron chi connectivity index (χ1n) is 8.45. The summed E-state index contributed by atoms with van der Waals surface area (Å²) in [5.41, 5.74) is 1.30. The molecule has 1 atom stereocenters. The van der Waals surface area contributed by atoms with E-state index in [1.54, 1.807) is 0 Å². The topological polar surface area (TPSA) is 23.5 Å². The van der Waals surface area contributed by atoms with Gasteiger partial charge in [-0.1, -0.05) is 61.7 Å². The third-order valence-electron chi connectivity index (χ3n) is 4.39. The summed E-state index contributed by atoms with van der Waals surface area (Å²) < 4.78 is 0. The lowest BCUT2D eigenvalue weighted by Crippen LogP contribution is -2.12. The molecule has 22 heavy (non-hydrogen) atoms. The van der Waals surface area contributed by atoms with Crippen LogP contribution in [-0.2, 0) is 0 Å². The second kappa shape index (κ2) is 8.92. The Morgan fingerprint density at radius 1 is 0.909 bits per heavy atom. The highest BCUT2D eigenvalue weighted by Gasteiger charge is 2.13. The molecule has 0 aliphatic carbocycles. The highest BCUT2D eigenvalue weighted by molar-refractivity contribution is 5.86. The molecule has 0 radical (unpaired) electrons. The van der Waals surface area contributed by atoms with Crippen LogP contribution in [0.2, 0.25) is 0 Å². The maximum Gasteiger partial charge on any atom is 0.0499 e. The summed E-state index contributed by atoms with van der Waals surface area (Å²) in [7, 11) is 4.25. The van der Waals surface area contributed by atoms with Crippen molar-refractivity contribution in [3.8, 4) is 0 Å². The van der Waals surface area contributed by atoms with E-state index < -0.39 is 0 Å². The number of hydrogen-bond donors (Lipinski definition) is 1. The average molecular weight is 299 g/mol. The Hall–Kier alpha value is -1.38. The predicted molar refractivity (Wildman–Crippen MR) is 95.4 cm³/mol. The second-order valence-electron chi connectivity index (χ2n) is 6.45. The first-order chi connectivity index (χ1) is 10.7. The highest BCUT2D eigenvalue weighted by Crippen LogP contribution is 2.29. The van der Waals surface area contributed by atoms with Crippen LogP contribution in [-0.4, -0.2) is 37.3 Å². The van der Waals surface area contributed by atoms with E-state index in [1.165, 1.54) is 48.6 Å². The van der Waals surface area contributed by atoms with E-state index in [2.05, 4.69) is 61.5 Å². The summed E-state index contributed by atoms with van der Waals surface area (Å²) in [6.07, 6.45) is 6.08. The van der Waals surface area contributed by atoms with Crippen LogP contribution in [0.5, 0.6) is 0 Å². The van der Waals surface area contributed by atoms with Crippen LogP contribution in [0.25, 0.3) is 10.8 Å². The van der Waals surface area contributed by atoms with Gasteiger partial charge in [0, 0.05) is 12.5 Å². The monoisotopic (exact) mass is 299 g/mol. The Labute approximate surface area is 134 Å². The molecule has 0 spiro atoms. The first-order valence-corrected chi connectivity index (χ1v) is 8.45. The van der Waals surface area contributed by atoms with Crippen LogP contribution in [0.3, 0.4) is 0 Å². The second-order valence-corrected chi connectivity index (χ2v) is 6.45. The molecule has 2 rings (SSSR count). The minimum atomic E-state index is 0.242. The lowest BCUT2D eigenvalue weighted by atomic mass is 9.90. The van der Waals surface area contributed by atoms with Gasteiger partial charge in [0.25, 0.3) is 0 Å². The fourth-order valence-corrected chi connectivity index (χ4v) is 3.12. The van der Waals surface area contributed by atoms with E-state index in [1.807, 2.05) is 0 Å². The van der Waals surface area contributed by atoms with E-state index in [4.69, 9.17) is 0 Å². The molecule has 2 aromatic rings. The quantitative estimate of drug-likeness (QED) is 0.692. The van der Waals surface area contributed by atoms with E-state index in [0.29, 0.717) is 0 Å². The number of aliphatic hydroxyl groups excluding tert-OH is 1. The number of hydrogen-bond acceptors (Lipinski definition) is 2. The molecule has 0 heterocycles. The summed E-state index contributed by atoms with van der Waals surface area (Å²) in [6, 6.07) is 14.9. The highest BCUT2D eigenvalue weighted by atomic mass is 16.3. The molecular formula is C20H29NO. The number of aliphatic hydroxyl groups is 1. The van der Waals surface area contributed by atoms with Gasteiger partial charge in [0.15, 0.2) is 0 Å². The number of benzene rings is 2. The van der Waals surface area contributed by atoms with Crippen molar-refractivity contribution in [3.05, 3.63) is 48.0 Å². The summed E-state index contributed by atoms with van der Waals surface area (Å²) in [6.45, 7) is 1.42. The summed E-state index contributed by atoms with van der Waals surface area (Å²) >= 11 is 0. The molecule has 1 N–H and O–H groups in total. The average Bonchev–Trinajstić information content (AvgIpc) is 2.54. The van der Waals surface area contributed by atoms with Crippen LogP contribution < -0.4 is 0 Å². The SMILES string of the molecule is CN(C)CCCCCCC(CO)c1cccc2ccccc12. The van der Waals surface area contributed by atoms with Crippen molar-refractivity contribution in [1.29, 1.82) is 0 Å². The molecule has 0 aromatic heterocycles. The molecule has 2 nitrogen and oxygen atoms in total. The Bertz CT molecular complexity index is 559. The number of nitrogens with zero attached hydrogens (tertiary/aromatic N) is 1. The van der Waals surface area contributed by atoms with E-state index in [-0.39, 0.29) is 12.5 Å². The molecule has 0 aliphatic heterocycles. The molecule has 0 saturated carbocycles. The van der Waals surface area contributed by atoms with E-state index in [0.717, 1.165) is 6.42 Å². The molecule has 0 saturated heterocycles. The normalized spacial score (nSPS) is 12.9. The third-order valence-corrected chi connectivity index (χ3v) is 4.39. The van der Waals surface area contributed by atoms with Crippen molar-refractivity contribution in [2.24, 2.45) is 0 Å². The molecule has 120 valence electrons. The fraction of sp³-hybridized carbons (Fsp3) is 0.500. The van der Waals surface area contributed by atoms with Crippen molar-refractivity contribution >= 4 is 10.8 Å². The Kier molecular flexibility index (Phi) is 6.88. The molecule has 0 fully saturated rings. The zero-order valence-corrected chi connectivity index (χ0v) is 14.0. The molecule has 0 aliphatic rings. The minimum absolute atomic E-state index is 0.242. The Morgan fingerprint density at radius 2 is 1.64 bits per heavy atom. The number of unbranched alkanes of at least 4 members (excludes halogenated alkanes) is 3. The molecule has 0 amide bonds. The van der Waals surface area contributed by atoms with Crippen LogP contribution >= 0.6 is 0 Å². The lowest BCUT2D eigenvalue weighted by molar-refractivity contribution is 0.257. The largest absolute Gasteiger partial charge is 0.396 e. The zero-order chi connectivity index (χ0) is 15.8. The predicted octanol–water partition coefficient (Wildman–Crippen LogP) is 4.43. The van der Waals surface area contributed by atoms with Gasteiger partial charge >= 0.3 is 0 Å². The summed E-state index contributed by atoms with van der Waals surface area (Å²) in [4.78, 5) is 2.24. The Morgan fingerprint density at radius 3 is 2.41 bits per heavy atom. The van der Waals surface area contributed by atoms with Crippen LogP contribution in [0.1, 0.15) is 43.6 Å². The van der Waals surface area contributed by atoms with Gasteiger partial charge in [0.1, 0.15) is 0 Å². The maximum atomic E-state index is 9.81. The van der Waals surface area contributed by atoms with Gasteiger partial charge in [0.05, 0.1) is 0 Å². The first kappa shape index (κ1) is 17.0. The van der Waals surface area contributed by atoms with Crippen molar-refractivity contribution in [2.75, 3.05) is 27.2 Å². The molecule has 1 unspecified atom stereocenters. The molecule has 0 bridgehead atoms. The van der Waals surface area contributed by atoms with Crippen molar-refractivity contribution < 1.29 is 5.11 Å².